The zero-order valence-electron chi connectivity index (χ0n) is 10.6. The minimum Gasteiger partial charge on any atom is -0.495 e. The number of carboxylic acid groups (broad SMARTS) is 1. The van der Waals surface area contributed by atoms with Crippen molar-refractivity contribution >= 4 is 23.3 Å². The smallest absolute Gasteiger partial charge is 0.326 e. The van der Waals surface area contributed by atoms with Crippen molar-refractivity contribution in [3.05, 3.63) is 23.2 Å². The number of anilines is 1. The maximum atomic E-state index is 11.1. The van der Waals surface area contributed by atoms with Crippen molar-refractivity contribution < 1.29 is 14.6 Å². The van der Waals surface area contributed by atoms with E-state index in [0.29, 0.717) is 22.9 Å². The average Bonchev–Trinajstić information content (AvgIpc) is 2.36. The van der Waals surface area contributed by atoms with E-state index in [-0.39, 0.29) is 0 Å². The van der Waals surface area contributed by atoms with Crippen LogP contribution in [-0.2, 0) is 4.79 Å². The monoisotopic (exact) mass is 271 g/mol. The second kappa shape index (κ2) is 7.11. The molecular formula is C13H18ClNO3. The number of ether oxygens (including phenoxy) is 1. The number of methoxy groups -OCH3 is 1. The van der Waals surface area contributed by atoms with Gasteiger partial charge in [-0.05, 0) is 18.6 Å². The van der Waals surface area contributed by atoms with Gasteiger partial charge in [-0.2, -0.15) is 0 Å². The first kappa shape index (κ1) is 14.6. The lowest BCUT2D eigenvalue weighted by Crippen LogP contribution is -2.29. The molecule has 0 aliphatic rings. The molecule has 100 valence electrons. The van der Waals surface area contributed by atoms with Gasteiger partial charge in [0.1, 0.15) is 11.8 Å². The lowest BCUT2D eigenvalue weighted by atomic mass is 10.1. The summed E-state index contributed by atoms with van der Waals surface area (Å²) in [6.45, 7) is 2.03. The van der Waals surface area contributed by atoms with E-state index in [1.165, 1.54) is 7.11 Å². The quantitative estimate of drug-likeness (QED) is 0.798. The molecule has 0 saturated carbocycles. The normalized spacial score (nSPS) is 11.9. The number of carboxylic acids is 1. The summed E-state index contributed by atoms with van der Waals surface area (Å²) >= 11 is 5.91. The maximum Gasteiger partial charge on any atom is 0.326 e. The number of unbranched alkanes of at least 4 members (excludes halogenated alkanes) is 1. The first-order chi connectivity index (χ1) is 8.58. The summed E-state index contributed by atoms with van der Waals surface area (Å²) in [4.78, 5) is 11.1. The molecular weight excluding hydrogens is 254 g/mol. The van der Waals surface area contributed by atoms with Crippen molar-refractivity contribution in [1.29, 1.82) is 0 Å². The number of benzene rings is 1. The predicted octanol–water partition coefficient (Wildman–Crippen LogP) is 3.40. The van der Waals surface area contributed by atoms with E-state index >= 15 is 0 Å². The molecule has 0 radical (unpaired) electrons. The van der Waals surface area contributed by atoms with Crippen LogP contribution in [-0.4, -0.2) is 24.2 Å². The van der Waals surface area contributed by atoms with Gasteiger partial charge in [0, 0.05) is 11.8 Å². The van der Waals surface area contributed by atoms with E-state index in [9.17, 15) is 4.79 Å². The maximum absolute atomic E-state index is 11.1. The number of aliphatic carboxylic acids is 1. The zero-order valence-corrected chi connectivity index (χ0v) is 11.3. The van der Waals surface area contributed by atoms with Crippen LogP contribution in [0.1, 0.15) is 26.2 Å². The van der Waals surface area contributed by atoms with Crippen LogP contribution in [0.5, 0.6) is 5.75 Å². The van der Waals surface area contributed by atoms with Crippen LogP contribution in [0.25, 0.3) is 0 Å². The molecule has 2 N–H and O–H groups in total. The molecule has 0 aliphatic carbocycles. The molecule has 5 heteroatoms. The van der Waals surface area contributed by atoms with Gasteiger partial charge in [0.05, 0.1) is 12.1 Å². The summed E-state index contributed by atoms with van der Waals surface area (Å²) in [5.41, 5.74) is 0.694. The van der Waals surface area contributed by atoms with Crippen LogP contribution < -0.4 is 10.1 Å². The summed E-state index contributed by atoms with van der Waals surface area (Å²) in [5, 5.41) is 12.6. The highest BCUT2D eigenvalue weighted by molar-refractivity contribution is 6.32. The minimum atomic E-state index is -0.850. The Morgan fingerprint density at radius 3 is 2.83 bits per heavy atom. The van der Waals surface area contributed by atoms with Gasteiger partial charge in [0.15, 0.2) is 0 Å². The fourth-order valence-corrected chi connectivity index (χ4v) is 1.81. The van der Waals surface area contributed by atoms with Gasteiger partial charge in [-0.15, -0.1) is 0 Å². The third kappa shape index (κ3) is 4.11. The van der Waals surface area contributed by atoms with Crippen molar-refractivity contribution in [1.82, 2.24) is 0 Å². The van der Waals surface area contributed by atoms with Gasteiger partial charge in [-0.3, -0.25) is 0 Å². The Balaban J connectivity index is 2.77. The Labute approximate surface area is 112 Å². The van der Waals surface area contributed by atoms with Gasteiger partial charge in [0.25, 0.3) is 0 Å². The summed E-state index contributed by atoms with van der Waals surface area (Å²) < 4.78 is 5.09. The number of rotatable bonds is 7. The molecule has 0 spiro atoms. The largest absolute Gasteiger partial charge is 0.495 e. The number of carbonyl (C=O) groups is 1. The Morgan fingerprint density at radius 1 is 1.56 bits per heavy atom. The van der Waals surface area contributed by atoms with Crippen LogP contribution in [0, 0.1) is 0 Å². The Hall–Kier alpha value is -1.42. The highest BCUT2D eigenvalue weighted by Gasteiger charge is 2.16. The third-order valence-electron chi connectivity index (χ3n) is 2.64. The molecule has 1 rings (SSSR count). The second-order valence-electron chi connectivity index (χ2n) is 4.03. The average molecular weight is 272 g/mol. The topological polar surface area (TPSA) is 58.6 Å². The molecule has 1 unspecified atom stereocenters. The molecule has 0 fully saturated rings. The molecule has 1 aromatic carbocycles. The molecule has 4 nitrogen and oxygen atoms in total. The Bertz CT molecular complexity index is 409. The van der Waals surface area contributed by atoms with Crippen LogP contribution >= 0.6 is 11.6 Å². The van der Waals surface area contributed by atoms with Crippen LogP contribution in [0.4, 0.5) is 5.69 Å². The zero-order chi connectivity index (χ0) is 13.5. The van der Waals surface area contributed by atoms with E-state index in [1.54, 1.807) is 18.2 Å². The summed E-state index contributed by atoms with van der Waals surface area (Å²) in [6.07, 6.45) is 2.43. The highest BCUT2D eigenvalue weighted by atomic mass is 35.5. The Kier molecular flexibility index (Phi) is 5.78. The van der Waals surface area contributed by atoms with Gasteiger partial charge in [-0.1, -0.05) is 31.4 Å². The lowest BCUT2D eigenvalue weighted by Gasteiger charge is -2.16. The van der Waals surface area contributed by atoms with Crippen molar-refractivity contribution in [2.24, 2.45) is 0 Å². The van der Waals surface area contributed by atoms with Gasteiger partial charge < -0.3 is 15.2 Å². The first-order valence-electron chi connectivity index (χ1n) is 5.91. The van der Waals surface area contributed by atoms with E-state index in [1.807, 2.05) is 6.92 Å². The van der Waals surface area contributed by atoms with Crippen molar-refractivity contribution in [2.75, 3.05) is 12.4 Å². The summed E-state index contributed by atoms with van der Waals surface area (Å²) in [5.74, 6) is -0.321. The predicted molar refractivity (Wildman–Crippen MR) is 72.6 cm³/mol. The van der Waals surface area contributed by atoms with Crippen LogP contribution in [0.2, 0.25) is 5.02 Å². The third-order valence-corrected chi connectivity index (χ3v) is 2.95. The lowest BCUT2D eigenvalue weighted by molar-refractivity contribution is -0.138. The van der Waals surface area contributed by atoms with E-state index < -0.39 is 12.0 Å². The fraction of sp³-hybridized carbons (Fsp3) is 0.462. The van der Waals surface area contributed by atoms with E-state index in [4.69, 9.17) is 21.4 Å². The van der Waals surface area contributed by atoms with E-state index in [0.717, 1.165) is 12.8 Å². The molecule has 0 heterocycles. The SMILES string of the molecule is CCCCC(Nc1ccc(Cl)c(OC)c1)C(=O)O. The van der Waals surface area contributed by atoms with Gasteiger partial charge >= 0.3 is 5.97 Å². The molecule has 0 bridgehead atoms. The number of hydrogen-bond donors (Lipinski definition) is 2. The summed E-state index contributed by atoms with van der Waals surface area (Å²) in [6, 6.07) is 4.54. The minimum absolute atomic E-state index is 0.503. The van der Waals surface area contributed by atoms with Gasteiger partial charge in [0.2, 0.25) is 0 Å². The molecule has 0 saturated heterocycles. The van der Waals surface area contributed by atoms with Crippen molar-refractivity contribution in [2.45, 2.75) is 32.2 Å². The summed E-state index contributed by atoms with van der Waals surface area (Å²) in [7, 11) is 1.52. The standard InChI is InChI=1S/C13H18ClNO3/c1-3-4-5-11(13(16)17)15-9-6-7-10(14)12(8-9)18-2/h6-8,11,15H,3-5H2,1-2H3,(H,16,17). The second-order valence-corrected chi connectivity index (χ2v) is 4.43. The van der Waals surface area contributed by atoms with E-state index in [2.05, 4.69) is 5.32 Å². The fourth-order valence-electron chi connectivity index (χ4n) is 1.62. The number of hydrogen-bond acceptors (Lipinski definition) is 3. The molecule has 0 aliphatic heterocycles. The molecule has 18 heavy (non-hydrogen) atoms. The van der Waals surface area contributed by atoms with Crippen LogP contribution in [0.3, 0.4) is 0 Å². The van der Waals surface area contributed by atoms with Crippen LogP contribution in [0.15, 0.2) is 18.2 Å². The number of halogens is 1. The number of nitrogens with one attached hydrogen (secondary N) is 1. The first-order valence-corrected chi connectivity index (χ1v) is 6.29. The molecule has 1 aromatic rings. The molecule has 0 aromatic heterocycles. The molecule has 0 amide bonds. The molecule has 1 atom stereocenters. The van der Waals surface area contributed by atoms with Crippen molar-refractivity contribution in [3.8, 4) is 5.75 Å². The van der Waals surface area contributed by atoms with Crippen molar-refractivity contribution in [3.63, 3.8) is 0 Å². The van der Waals surface area contributed by atoms with Gasteiger partial charge in [-0.25, -0.2) is 4.79 Å². The Morgan fingerprint density at radius 2 is 2.28 bits per heavy atom. The highest BCUT2D eigenvalue weighted by Crippen LogP contribution is 2.27.